The highest BCUT2D eigenvalue weighted by Crippen LogP contribution is 2.28. The van der Waals surface area contributed by atoms with Crippen molar-refractivity contribution in [1.82, 2.24) is 10.3 Å². The number of thioether (sulfide) groups is 1. The van der Waals surface area contributed by atoms with Crippen LogP contribution in [-0.2, 0) is 9.59 Å². The number of hydrogen-bond donors (Lipinski definition) is 3. The third-order valence-electron chi connectivity index (χ3n) is 6.95. The smallest absolute Gasteiger partial charge is 0.272 e. The number of hydrogen-bond acceptors (Lipinski definition) is 6. The Kier molecular flexibility index (Phi) is 10.1. The van der Waals surface area contributed by atoms with E-state index in [0.717, 1.165) is 26.9 Å². The molecule has 7 nitrogen and oxygen atoms in total. The van der Waals surface area contributed by atoms with Crippen LogP contribution < -0.4 is 16.0 Å². The van der Waals surface area contributed by atoms with Crippen LogP contribution in [0.2, 0.25) is 5.02 Å². The Morgan fingerprint density at radius 2 is 1.57 bits per heavy atom. The lowest BCUT2D eigenvalue weighted by Crippen LogP contribution is -2.30. The van der Waals surface area contributed by atoms with E-state index in [1.807, 2.05) is 35.7 Å². The van der Waals surface area contributed by atoms with Crippen molar-refractivity contribution < 1.29 is 14.4 Å². The lowest BCUT2D eigenvalue weighted by Gasteiger charge is -2.12. The highest BCUT2D eigenvalue weighted by Gasteiger charge is 2.16. The maximum atomic E-state index is 13.4. The molecule has 0 saturated carbocycles. The predicted octanol–water partition coefficient (Wildman–Crippen LogP) is 8.76. The van der Waals surface area contributed by atoms with Crippen LogP contribution in [0.25, 0.3) is 28.1 Å². The molecule has 1 heterocycles. The van der Waals surface area contributed by atoms with E-state index in [1.165, 1.54) is 23.1 Å². The van der Waals surface area contributed by atoms with Gasteiger partial charge in [0.15, 0.2) is 5.13 Å². The van der Waals surface area contributed by atoms with Crippen LogP contribution in [0.4, 0.5) is 10.8 Å². The fourth-order valence-corrected chi connectivity index (χ4v) is 6.37. The van der Waals surface area contributed by atoms with Gasteiger partial charge >= 0.3 is 0 Å². The van der Waals surface area contributed by atoms with Crippen molar-refractivity contribution in [1.29, 1.82) is 0 Å². The zero-order valence-electron chi connectivity index (χ0n) is 24.8. The molecular weight excluding hydrogens is 648 g/mol. The Labute approximate surface area is 284 Å². The second kappa shape index (κ2) is 14.9. The normalized spacial score (nSPS) is 11.2. The molecule has 6 aromatic rings. The molecule has 0 bridgehead atoms. The topological polar surface area (TPSA) is 100 Å². The maximum absolute atomic E-state index is 13.4. The van der Waals surface area contributed by atoms with Crippen LogP contribution in [0.3, 0.4) is 0 Å². The summed E-state index contributed by atoms with van der Waals surface area (Å²) in [4.78, 5) is 44.5. The van der Waals surface area contributed by atoms with Gasteiger partial charge in [0.1, 0.15) is 5.70 Å². The number of anilines is 2. The molecule has 0 saturated heterocycles. The average molecular weight is 675 g/mol. The highest BCUT2D eigenvalue weighted by atomic mass is 35.5. The fraction of sp³-hybridized carbons (Fsp3) is 0.0270. The Morgan fingerprint density at radius 1 is 0.787 bits per heavy atom. The first kappa shape index (κ1) is 31.7. The minimum Gasteiger partial charge on any atom is -0.321 e. The van der Waals surface area contributed by atoms with Gasteiger partial charge in [-0.1, -0.05) is 84.4 Å². The lowest BCUT2D eigenvalue weighted by molar-refractivity contribution is -0.114. The first-order chi connectivity index (χ1) is 22.9. The van der Waals surface area contributed by atoms with E-state index in [4.69, 9.17) is 11.6 Å². The summed E-state index contributed by atoms with van der Waals surface area (Å²) in [6.07, 6.45) is 1.56. The van der Waals surface area contributed by atoms with Crippen molar-refractivity contribution in [2.24, 2.45) is 0 Å². The van der Waals surface area contributed by atoms with Crippen molar-refractivity contribution in [3.63, 3.8) is 0 Å². The van der Waals surface area contributed by atoms with Crippen LogP contribution in [-0.4, -0.2) is 28.5 Å². The van der Waals surface area contributed by atoms with E-state index in [9.17, 15) is 14.4 Å². The summed E-state index contributed by atoms with van der Waals surface area (Å²) in [6, 6.07) is 37.1. The van der Waals surface area contributed by atoms with Gasteiger partial charge in [-0.2, -0.15) is 0 Å². The van der Waals surface area contributed by atoms with E-state index in [2.05, 4.69) is 45.2 Å². The van der Waals surface area contributed by atoms with Gasteiger partial charge in [-0.3, -0.25) is 14.4 Å². The van der Waals surface area contributed by atoms with E-state index >= 15 is 0 Å². The number of amides is 3. The summed E-state index contributed by atoms with van der Waals surface area (Å²) < 4.78 is 0. The maximum Gasteiger partial charge on any atom is 0.272 e. The zero-order valence-corrected chi connectivity index (χ0v) is 27.2. The molecule has 3 amide bonds. The SMILES string of the molecule is O=C(CSc1cccc(NC(=O)/C(=C/c2cccc(Cl)c2)NC(=O)c2ccccc2)c1)Nc1nc(-c2ccc3ccccc3c2)cs1. The molecule has 0 fully saturated rings. The second-order valence-electron chi connectivity index (χ2n) is 10.4. The predicted molar refractivity (Wildman–Crippen MR) is 193 cm³/mol. The number of fused-ring (bicyclic) bond motifs is 1. The Balaban J connectivity index is 1.09. The van der Waals surface area contributed by atoms with Gasteiger partial charge in [0.2, 0.25) is 5.91 Å². The first-order valence-corrected chi connectivity index (χ1v) is 16.8. The van der Waals surface area contributed by atoms with Crippen LogP contribution in [0, 0.1) is 0 Å². The van der Waals surface area contributed by atoms with Gasteiger partial charge in [0.05, 0.1) is 11.4 Å². The first-order valence-electron chi connectivity index (χ1n) is 14.5. The summed E-state index contributed by atoms with van der Waals surface area (Å²) in [6.45, 7) is 0. The number of halogens is 1. The number of thiazole rings is 1. The zero-order chi connectivity index (χ0) is 32.6. The molecule has 232 valence electrons. The molecule has 0 unspecified atom stereocenters. The molecule has 10 heteroatoms. The van der Waals surface area contributed by atoms with E-state index in [-0.39, 0.29) is 17.4 Å². The van der Waals surface area contributed by atoms with E-state index < -0.39 is 11.8 Å². The molecule has 1 aromatic heterocycles. The van der Waals surface area contributed by atoms with Gasteiger partial charge in [-0.25, -0.2) is 4.98 Å². The number of benzene rings is 5. The van der Waals surface area contributed by atoms with Crippen LogP contribution >= 0.6 is 34.7 Å². The van der Waals surface area contributed by atoms with Gasteiger partial charge in [-0.05, 0) is 70.9 Å². The van der Waals surface area contributed by atoms with Crippen LogP contribution in [0.5, 0.6) is 0 Å². The van der Waals surface area contributed by atoms with Gasteiger partial charge in [0.25, 0.3) is 11.8 Å². The summed E-state index contributed by atoms with van der Waals surface area (Å²) in [5.41, 5.74) is 3.40. The number of carbonyl (C=O) groups is 3. The number of rotatable bonds is 10. The summed E-state index contributed by atoms with van der Waals surface area (Å²) >= 11 is 8.85. The Bertz CT molecular complexity index is 2110. The minimum atomic E-state index is -0.514. The summed E-state index contributed by atoms with van der Waals surface area (Å²) in [5.74, 6) is -0.983. The lowest BCUT2D eigenvalue weighted by atomic mass is 10.1. The number of aromatic nitrogens is 1. The molecule has 5 aromatic carbocycles. The Hall–Kier alpha value is -5.22. The van der Waals surface area contributed by atoms with E-state index in [1.54, 1.807) is 72.8 Å². The number of carbonyl (C=O) groups excluding carboxylic acids is 3. The van der Waals surface area contributed by atoms with Gasteiger partial charge < -0.3 is 16.0 Å². The van der Waals surface area contributed by atoms with Crippen molar-refractivity contribution >= 4 is 80.1 Å². The molecule has 0 atom stereocenters. The molecule has 6 rings (SSSR count). The molecule has 0 spiro atoms. The minimum absolute atomic E-state index is 0.0464. The Morgan fingerprint density at radius 3 is 2.40 bits per heavy atom. The molecule has 0 radical (unpaired) electrons. The molecule has 0 aliphatic heterocycles. The standard InChI is InChI=1S/C37H27ClN4O3S2/c38-29-13-6-8-24(18-29)19-32(40-35(44)26-10-2-1-3-11-26)36(45)39-30-14-7-15-31(21-30)46-23-34(43)42-37-41-33(22-47-37)28-17-16-25-9-4-5-12-27(25)20-28/h1-22H,23H2,(H,39,45)(H,40,44)(H,41,42,43)/b32-19-. The van der Waals surface area contributed by atoms with Crippen molar-refractivity contribution in [3.8, 4) is 11.3 Å². The monoisotopic (exact) mass is 674 g/mol. The average Bonchev–Trinajstić information content (AvgIpc) is 3.55. The summed E-state index contributed by atoms with van der Waals surface area (Å²) in [7, 11) is 0. The molecule has 3 N–H and O–H groups in total. The van der Waals surface area contributed by atoms with Crippen LogP contribution in [0.15, 0.2) is 137 Å². The fourth-order valence-electron chi connectivity index (χ4n) is 4.68. The van der Waals surface area contributed by atoms with E-state index in [0.29, 0.717) is 27.0 Å². The quantitative estimate of drug-likeness (QED) is 0.0997. The highest BCUT2D eigenvalue weighted by molar-refractivity contribution is 8.00. The third-order valence-corrected chi connectivity index (χ3v) is 8.93. The largest absolute Gasteiger partial charge is 0.321 e. The van der Waals surface area contributed by atoms with Crippen LogP contribution in [0.1, 0.15) is 15.9 Å². The van der Waals surface area contributed by atoms with Gasteiger partial charge in [-0.15, -0.1) is 23.1 Å². The third kappa shape index (κ3) is 8.53. The molecule has 0 aliphatic rings. The van der Waals surface area contributed by atoms with Crippen molar-refractivity contribution in [3.05, 3.63) is 149 Å². The van der Waals surface area contributed by atoms with Crippen molar-refractivity contribution in [2.45, 2.75) is 4.90 Å². The van der Waals surface area contributed by atoms with Gasteiger partial charge in [0, 0.05) is 32.1 Å². The second-order valence-corrected chi connectivity index (χ2v) is 12.7. The molecular formula is C37H27ClN4O3S2. The molecule has 47 heavy (non-hydrogen) atoms. The number of nitrogens with one attached hydrogen (secondary N) is 3. The summed E-state index contributed by atoms with van der Waals surface area (Å²) in [5, 5.41) is 13.7. The number of nitrogens with zero attached hydrogens (tertiary/aromatic N) is 1. The van der Waals surface area contributed by atoms with Crippen molar-refractivity contribution in [2.75, 3.05) is 16.4 Å². The molecule has 0 aliphatic carbocycles.